The Bertz CT molecular complexity index is 1060. The fourth-order valence-corrected chi connectivity index (χ4v) is 3.44. The van der Waals surface area contributed by atoms with Crippen LogP contribution in [0.4, 0.5) is 10.1 Å². The number of thiocarbonyl (C=S) groups is 1. The molecule has 0 atom stereocenters. The highest BCUT2D eigenvalue weighted by Crippen LogP contribution is 2.37. The minimum absolute atomic E-state index is 0.0573. The summed E-state index contributed by atoms with van der Waals surface area (Å²) in [6.45, 7) is 4.37. The number of para-hydroxylation sites is 1. The molecule has 1 aliphatic rings. The first-order chi connectivity index (χ1) is 14.4. The predicted octanol–water partition coefficient (Wildman–Crippen LogP) is 4.11. The Balaban J connectivity index is 2.05. The minimum Gasteiger partial charge on any atom is -0.490 e. The fourth-order valence-electron chi connectivity index (χ4n) is 2.89. The third-order valence-corrected chi connectivity index (χ3v) is 4.69. The number of carbonyl (C=O) groups is 2. The molecule has 1 aliphatic heterocycles. The van der Waals surface area contributed by atoms with Crippen molar-refractivity contribution >= 4 is 52.5 Å². The molecule has 9 heteroatoms. The van der Waals surface area contributed by atoms with E-state index in [0.29, 0.717) is 30.3 Å². The van der Waals surface area contributed by atoms with Crippen LogP contribution in [0.1, 0.15) is 19.4 Å². The van der Waals surface area contributed by atoms with Crippen molar-refractivity contribution in [3.8, 4) is 11.5 Å². The zero-order valence-corrected chi connectivity index (χ0v) is 17.8. The Morgan fingerprint density at radius 3 is 2.53 bits per heavy atom. The summed E-state index contributed by atoms with van der Waals surface area (Å²) >= 11 is 11.4. The van der Waals surface area contributed by atoms with Gasteiger partial charge in [-0.1, -0.05) is 23.7 Å². The van der Waals surface area contributed by atoms with E-state index in [4.69, 9.17) is 33.3 Å². The first-order valence-electron chi connectivity index (χ1n) is 9.12. The maximum atomic E-state index is 14.2. The van der Waals surface area contributed by atoms with E-state index in [9.17, 15) is 14.0 Å². The quantitative estimate of drug-likeness (QED) is 0.409. The third-order valence-electron chi connectivity index (χ3n) is 4.13. The number of amides is 2. The van der Waals surface area contributed by atoms with E-state index >= 15 is 0 Å². The normalized spacial score (nSPS) is 15.4. The molecule has 1 N–H and O–H groups in total. The molecule has 0 aliphatic carbocycles. The standard InChI is InChI=1S/C21H18ClFN2O4S/c1-3-28-17-11-12(10-14(22)18(17)29-4-2)9-13-19(26)24-21(30)25(20(13)27)16-8-6-5-7-15(16)23/h5-11H,3-4H2,1-2H3,(H,24,26,30)/b13-9+. The maximum Gasteiger partial charge on any atom is 0.270 e. The van der Waals surface area contributed by atoms with Crippen LogP contribution in [0.25, 0.3) is 6.08 Å². The Labute approximate surface area is 183 Å². The third kappa shape index (κ3) is 4.29. The molecule has 6 nitrogen and oxygen atoms in total. The first kappa shape index (κ1) is 21.7. The molecule has 1 fully saturated rings. The van der Waals surface area contributed by atoms with Crippen molar-refractivity contribution in [2.75, 3.05) is 18.1 Å². The van der Waals surface area contributed by atoms with E-state index in [1.165, 1.54) is 24.3 Å². The molecular formula is C21H18ClFN2O4S. The second-order valence-corrected chi connectivity index (χ2v) is 6.90. The average Bonchev–Trinajstić information content (AvgIpc) is 2.69. The topological polar surface area (TPSA) is 67.9 Å². The molecule has 1 heterocycles. The van der Waals surface area contributed by atoms with Crippen LogP contribution >= 0.6 is 23.8 Å². The second-order valence-electron chi connectivity index (χ2n) is 6.11. The molecular weight excluding hydrogens is 431 g/mol. The number of rotatable bonds is 6. The smallest absolute Gasteiger partial charge is 0.270 e. The number of hydrogen-bond acceptors (Lipinski definition) is 5. The zero-order valence-electron chi connectivity index (χ0n) is 16.2. The van der Waals surface area contributed by atoms with Crippen LogP contribution in [-0.4, -0.2) is 30.1 Å². The summed E-state index contributed by atoms with van der Waals surface area (Å²) in [5.41, 5.74) is 0.152. The van der Waals surface area contributed by atoms with Gasteiger partial charge in [0.25, 0.3) is 11.8 Å². The predicted molar refractivity (Wildman–Crippen MR) is 116 cm³/mol. The van der Waals surface area contributed by atoms with Gasteiger partial charge >= 0.3 is 0 Å². The van der Waals surface area contributed by atoms with Crippen molar-refractivity contribution in [2.45, 2.75) is 13.8 Å². The number of halogens is 2. The van der Waals surface area contributed by atoms with Crippen molar-refractivity contribution in [2.24, 2.45) is 0 Å². The van der Waals surface area contributed by atoms with Crippen LogP contribution in [-0.2, 0) is 9.59 Å². The van der Waals surface area contributed by atoms with Crippen LogP contribution in [0.2, 0.25) is 5.02 Å². The Hall–Kier alpha value is -2.97. The van der Waals surface area contributed by atoms with Gasteiger partial charge in [-0.15, -0.1) is 0 Å². The van der Waals surface area contributed by atoms with Gasteiger partial charge in [-0.3, -0.25) is 14.9 Å². The molecule has 0 spiro atoms. The molecule has 3 rings (SSSR count). The summed E-state index contributed by atoms with van der Waals surface area (Å²) < 4.78 is 25.3. The number of ether oxygens (including phenoxy) is 2. The van der Waals surface area contributed by atoms with Crippen molar-refractivity contribution < 1.29 is 23.5 Å². The Morgan fingerprint density at radius 1 is 1.17 bits per heavy atom. The van der Waals surface area contributed by atoms with Crippen molar-refractivity contribution in [1.29, 1.82) is 0 Å². The number of nitrogens with zero attached hydrogens (tertiary/aromatic N) is 1. The highest BCUT2D eigenvalue weighted by molar-refractivity contribution is 7.80. The lowest BCUT2D eigenvalue weighted by molar-refractivity contribution is -0.122. The number of carbonyl (C=O) groups excluding carboxylic acids is 2. The molecule has 2 aromatic rings. The van der Waals surface area contributed by atoms with Crippen LogP contribution in [0.5, 0.6) is 11.5 Å². The summed E-state index contributed by atoms with van der Waals surface area (Å²) in [6.07, 6.45) is 1.34. The molecule has 0 saturated carbocycles. The van der Waals surface area contributed by atoms with E-state index in [1.54, 1.807) is 25.1 Å². The molecule has 1 saturated heterocycles. The molecule has 30 heavy (non-hydrogen) atoms. The first-order valence-corrected chi connectivity index (χ1v) is 9.91. The van der Waals surface area contributed by atoms with Gasteiger partial charge in [-0.2, -0.15) is 0 Å². The lowest BCUT2D eigenvalue weighted by Gasteiger charge is -2.29. The highest BCUT2D eigenvalue weighted by Gasteiger charge is 2.35. The van der Waals surface area contributed by atoms with Crippen LogP contribution < -0.4 is 19.7 Å². The van der Waals surface area contributed by atoms with Gasteiger partial charge in [0.15, 0.2) is 16.6 Å². The Kier molecular flexibility index (Phi) is 6.69. The Morgan fingerprint density at radius 2 is 1.87 bits per heavy atom. The van der Waals surface area contributed by atoms with Crippen molar-refractivity contribution in [3.05, 3.63) is 58.4 Å². The molecule has 0 bridgehead atoms. The molecule has 2 amide bonds. The fraction of sp³-hybridized carbons (Fsp3) is 0.190. The monoisotopic (exact) mass is 448 g/mol. The summed E-state index contributed by atoms with van der Waals surface area (Å²) in [5, 5.41) is 2.48. The van der Waals surface area contributed by atoms with Crippen LogP contribution in [0.3, 0.4) is 0 Å². The van der Waals surface area contributed by atoms with Crippen LogP contribution in [0.15, 0.2) is 42.0 Å². The average molecular weight is 449 g/mol. The molecule has 156 valence electrons. The SMILES string of the molecule is CCOc1cc(/C=C2\C(=O)NC(=S)N(c3ccccc3F)C2=O)cc(Cl)c1OCC. The van der Waals surface area contributed by atoms with Gasteiger partial charge in [-0.05, 0) is 62.0 Å². The van der Waals surface area contributed by atoms with Gasteiger partial charge < -0.3 is 9.47 Å². The molecule has 0 unspecified atom stereocenters. The molecule has 2 aromatic carbocycles. The van der Waals surface area contributed by atoms with E-state index in [1.807, 2.05) is 6.92 Å². The van der Waals surface area contributed by atoms with E-state index in [-0.39, 0.29) is 21.4 Å². The zero-order chi connectivity index (χ0) is 21.8. The summed E-state index contributed by atoms with van der Waals surface area (Å²) in [7, 11) is 0. The van der Waals surface area contributed by atoms with Crippen LogP contribution in [0, 0.1) is 5.82 Å². The summed E-state index contributed by atoms with van der Waals surface area (Å²) in [4.78, 5) is 26.4. The number of nitrogens with one attached hydrogen (secondary N) is 1. The second kappa shape index (κ2) is 9.23. The van der Waals surface area contributed by atoms with Crippen molar-refractivity contribution in [1.82, 2.24) is 5.32 Å². The maximum absolute atomic E-state index is 14.2. The summed E-state index contributed by atoms with van der Waals surface area (Å²) in [6, 6.07) is 8.80. The largest absolute Gasteiger partial charge is 0.490 e. The minimum atomic E-state index is -0.753. The van der Waals surface area contributed by atoms with Gasteiger partial charge in [0.1, 0.15) is 11.4 Å². The summed E-state index contributed by atoms with van der Waals surface area (Å²) in [5.74, 6) is -1.34. The van der Waals surface area contributed by atoms with E-state index in [2.05, 4.69) is 5.32 Å². The molecule has 0 radical (unpaired) electrons. The van der Waals surface area contributed by atoms with Gasteiger partial charge in [0.2, 0.25) is 0 Å². The van der Waals surface area contributed by atoms with Crippen molar-refractivity contribution in [3.63, 3.8) is 0 Å². The molecule has 0 aromatic heterocycles. The van der Waals surface area contributed by atoms with E-state index < -0.39 is 17.6 Å². The highest BCUT2D eigenvalue weighted by atomic mass is 35.5. The lowest BCUT2D eigenvalue weighted by atomic mass is 10.1. The van der Waals surface area contributed by atoms with E-state index in [0.717, 1.165) is 4.90 Å². The number of benzene rings is 2. The lowest BCUT2D eigenvalue weighted by Crippen LogP contribution is -2.54. The number of anilines is 1. The number of hydrogen-bond donors (Lipinski definition) is 1. The van der Waals surface area contributed by atoms with Gasteiger partial charge in [0.05, 0.1) is 23.9 Å². The van der Waals surface area contributed by atoms with Gasteiger partial charge in [0, 0.05) is 0 Å². The van der Waals surface area contributed by atoms with Gasteiger partial charge in [-0.25, -0.2) is 9.29 Å².